The fraction of sp³-hybridized carbons (Fsp3) is 0.375. The van der Waals surface area contributed by atoms with Crippen molar-refractivity contribution in [3.8, 4) is 0 Å². The highest BCUT2D eigenvalue weighted by Crippen LogP contribution is 2.28. The van der Waals surface area contributed by atoms with Crippen LogP contribution in [0.3, 0.4) is 0 Å². The van der Waals surface area contributed by atoms with Crippen molar-refractivity contribution in [1.82, 2.24) is 10.2 Å². The lowest BCUT2D eigenvalue weighted by Crippen LogP contribution is -2.54. The van der Waals surface area contributed by atoms with E-state index in [2.05, 4.69) is 5.32 Å². The standard InChI is InChI=1S/C32H41N3O4S/c1-5-25(4)33-32(37)29(7-3)34(23-22-26-16-10-8-11-17-26)31(36)24-35(30-21-15-14-18-27(30)6-2)40(38,39)28-19-12-9-13-20-28/h8-21,25,29H,5-7,22-24H2,1-4H3,(H,33,37). The van der Waals surface area contributed by atoms with Crippen LogP contribution in [-0.4, -0.2) is 50.3 Å². The van der Waals surface area contributed by atoms with Gasteiger partial charge in [0.2, 0.25) is 11.8 Å². The summed E-state index contributed by atoms with van der Waals surface area (Å²) in [5, 5.41) is 3.01. The number of amides is 2. The van der Waals surface area contributed by atoms with Crippen LogP contribution in [0.2, 0.25) is 0 Å². The fourth-order valence-corrected chi connectivity index (χ4v) is 6.10. The Hall–Kier alpha value is -3.65. The zero-order valence-electron chi connectivity index (χ0n) is 23.9. The zero-order chi connectivity index (χ0) is 29.1. The van der Waals surface area contributed by atoms with Gasteiger partial charge in [-0.05, 0) is 61.9 Å². The molecule has 3 aromatic carbocycles. The summed E-state index contributed by atoms with van der Waals surface area (Å²) in [7, 11) is -4.07. The van der Waals surface area contributed by atoms with Gasteiger partial charge in [-0.1, -0.05) is 87.5 Å². The molecule has 0 fully saturated rings. The van der Waals surface area contributed by atoms with Gasteiger partial charge in [-0.25, -0.2) is 8.42 Å². The van der Waals surface area contributed by atoms with E-state index in [0.717, 1.165) is 17.5 Å². The van der Waals surface area contributed by atoms with Crippen molar-refractivity contribution < 1.29 is 18.0 Å². The van der Waals surface area contributed by atoms with E-state index in [1.165, 1.54) is 16.4 Å². The number of nitrogens with zero attached hydrogens (tertiary/aromatic N) is 2. The molecule has 40 heavy (non-hydrogen) atoms. The second-order valence-corrected chi connectivity index (χ2v) is 11.7. The summed E-state index contributed by atoms with van der Waals surface area (Å²) in [4.78, 5) is 29.1. The molecule has 8 heteroatoms. The summed E-state index contributed by atoms with van der Waals surface area (Å²) >= 11 is 0. The maximum atomic E-state index is 14.1. The SMILES string of the molecule is CCc1ccccc1N(CC(=O)N(CCc1ccccc1)C(CC)C(=O)NC(C)CC)S(=O)(=O)c1ccccc1. The quantitative estimate of drug-likeness (QED) is 0.292. The summed E-state index contributed by atoms with van der Waals surface area (Å²) in [5.41, 5.74) is 2.30. The molecule has 0 radical (unpaired) electrons. The second kappa shape index (κ2) is 14.7. The van der Waals surface area contributed by atoms with Crippen LogP contribution in [0.25, 0.3) is 0 Å². The first kappa shape index (κ1) is 30.9. The Balaban J connectivity index is 2.03. The number of benzene rings is 3. The molecule has 0 spiro atoms. The Morgan fingerprint density at radius 1 is 0.825 bits per heavy atom. The van der Waals surface area contributed by atoms with Crippen LogP contribution in [0.15, 0.2) is 89.8 Å². The van der Waals surface area contributed by atoms with Gasteiger partial charge < -0.3 is 10.2 Å². The Morgan fingerprint density at radius 3 is 2.02 bits per heavy atom. The number of para-hydroxylation sites is 1. The number of hydrogen-bond donors (Lipinski definition) is 1. The Bertz CT molecular complexity index is 1350. The van der Waals surface area contributed by atoms with Crippen LogP contribution in [0.5, 0.6) is 0 Å². The first-order valence-electron chi connectivity index (χ1n) is 14.0. The molecular weight excluding hydrogens is 522 g/mol. The maximum absolute atomic E-state index is 14.1. The molecule has 0 aliphatic carbocycles. The number of hydrogen-bond acceptors (Lipinski definition) is 4. The monoisotopic (exact) mass is 563 g/mol. The van der Waals surface area contributed by atoms with Crippen LogP contribution >= 0.6 is 0 Å². The van der Waals surface area contributed by atoms with Gasteiger partial charge in [0.1, 0.15) is 12.6 Å². The van der Waals surface area contributed by atoms with Crippen LogP contribution < -0.4 is 9.62 Å². The molecule has 0 aromatic heterocycles. The molecule has 0 bridgehead atoms. The van der Waals surface area contributed by atoms with Crippen molar-refractivity contribution in [3.63, 3.8) is 0 Å². The molecular formula is C32H41N3O4S. The number of rotatable bonds is 14. The number of anilines is 1. The molecule has 2 atom stereocenters. The van der Waals surface area contributed by atoms with Crippen molar-refractivity contribution in [2.24, 2.45) is 0 Å². The van der Waals surface area contributed by atoms with Crippen molar-refractivity contribution in [3.05, 3.63) is 96.1 Å². The Morgan fingerprint density at radius 2 is 1.43 bits per heavy atom. The molecule has 3 rings (SSSR count). The van der Waals surface area contributed by atoms with Crippen LogP contribution in [0.1, 0.15) is 51.7 Å². The van der Waals surface area contributed by atoms with E-state index in [4.69, 9.17) is 0 Å². The number of carbonyl (C=O) groups is 2. The molecule has 0 heterocycles. The van der Waals surface area contributed by atoms with Gasteiger partial charge in [-0.2, -0.15) is 0 Å². The van der Waals surface area contributed by atoms with E-state index < -0.39 is 28.5 Å². The van der Waals surface area contributed by atoms with Crippen LogP contribution in [0.4, 0.5) is 5.69 Å². The number of carbonyl (C=O) groups excluding carboxylic acids is 2. The maximum Gasteiger partial charge on any atom is 0.264 e. The molecule has 1 N–H and O–H groups in total. The van der Waals surface area contributed by atoms with E-state index >= 15 is 0 Å². The second-order valence-electron chi connectivity index (χ2n) is 9.87. The summed E-state index contributed by atoms with van der Waals surface area (Å²) in [6.45, 7) is 7.60. The van der Waals surface area contributed by atoms with E-state index in [0.29, 0.717) is 24.9 Å². The van der Waals surface area contributed by atoms with Gasteiger partial charge in [-0.15, -0.1) is 0 Å². The summed E-state index contributed by atoms with van der Waals surface area (Å²) in [6.07, 6.45) is 2.30. The first-order valence-corrected chi connectivity index (χ1v) is 15.5. The summed E-state index contributed by atoms with van der Waals surface area (Å²) < 4.78 is 29.1. The molecule has 3 aromatic rings. The lowest BCUT2D eigenvalue weighted by Gasteiger charge is -2.34. The predicted octanol–water partition coefficient (Wildman–Crippen LogP) is 5.21. The van der Waals surface area contributed by atoms with Crippen molar-refractivity contribution in [2.45, 2.75) is 70.4 Å². The van der Waals surface area contributed by atoms with Crippen LogP contribution in [0, 0.1) is 0 Å². The highest BCUT2D eigenvalue weighted by atomic mass is 32.2. The molecule has 0 aliphatic rings. The van der Waals surface area contributed by atoms with Crippen LogP contribution in [-0.2, 0) is 32.5 Å². The Labute approximate surface area is 239 Å². The molecule has 7 nitrogen and oxygen atoms in total. The largest absolute Gasteiger partial charge is 0.352 e. The smallest absolute Gasteiger partial charge is 0.264 e. The van der Waals surface area contributed by atoms with Crippen molar-refractivity contribution in [1.29, 1.82) is 0 Å². The lowest BCUT2D eigenvalue weighted by atomic mass is 10.1. The summed E-state index contributed by atoms with van der Waals surface area (Å²) in [5.74, 6) is -0.655. The lowest BCUT2D eigenvalue weighted by molar-refractivity contribution is -0.139. The van der Waals surface area contributed by atoms with Crippen molar-refractivity contribution in [2.75, 3.05) is 17.4 Å². The molecule has 0 saturated heterocycles. The molecule has 214 valence electrons. The third kappa shape index (κ3) is 7.72. The highest BCUT2D eigenvalue weighted by Gasteiger charge is 2.34. The molecule has 0 saturated carbocycles. The number of sulfonamides is 1. The average Bonchev–Trinajstić information content (AvgIpc) is 2.98. The minimum absolute atomic E-state index is 0.0426. The predicted molar refractivity (Wildman–Crippen MR) is 161 cm³/mol. The fourth-order valence-electron chi connectivity index (χ4n) is 4.62. The van der Waals surface area contributed by atoms with E-state index in [9.17, 15) is 18.0 Å². The number of nitrogens with one attached hydrogen (secondary N) is 1. The third-order valence-corrected chi connectivity index (χ3v) is 8.90. The van der Waals surface area contributed by atoms with Gasteiger partial charge >= 0.3 is 0 Å². The van der Waals surface area contributed by atoms with Gasteiger partial charge in [-0.3, -0.25) is 13.9 Å². The van der Waals surface area contributed by atoms with Gasteiger partial charge in [0, 0.05) is 12.6 Å². The highest BCUT2D eigenvalue weighted by molar-refractivity contribution is 7.92. The normalized spacial score (nSPS) is 12.8. The zero-order valence-corrected chi connectivity index (χ0v) is 24.7. The van der Waals surface area contributed by atoms with E-state index in [-0.39, 0.29) is 23.4 Å². The molecule has 2 unspecified atom stereocenters. The average molecular weight is 564 g/mol. The summed E-state index contributed by atoms with van der Waals surface area (Å²) in [6, 6.07) is 24.4. The van der Waals surface area contributed by atoms with Gasteiger partial charge in [0.05, 0.1) is 10.6 Å². The number of aryl methyl sites for hydroxylation is 1. The van der Waals surface area contributed by atoms with Gasteiger partial charge in [0.15, 0.2) is 0 Å². The minimum atomic E-state index is -4.07. The van der Waals surface area contributed by atoms with E-state index in [1.807, 2.05) is 70.2 Å². The van der Waals surface area contributed by atoms with E-state index in [1.54, 1.807) is 35.2 Å². The van der Waals surface area contributed by atoms with Crippen molar-refractivity contribution >= 4 is 27.5 Å². The Kier molecular flexibility index (Phi) is 11.3. The third-order valence-electron chi connectivity index (χ3n) is 7.12. The topological polar surface area (TPSA) is 86.8 Å². The first-order chi connectivity index (χ1) is 19.2. The minimum Gasteiger partial charge on any atom is -0.352 e. The molecule has 2 amide bonds. The van der Waals surface area contributed by atoms with Gasteiger partial charge in [0.25, 0.3) is 10.0 Å². The molecule has 0 aliphatic heterocycles.